The zero-order valence-electron chi connectivity index (χ0n) is 17.9. The average Bonchev–Trinajstić information content (AvgIpc) is 2.71. The minimum atomic E-state index is 0. The molecule has 156 valence electrons. The lowest BCUT2D eigenvalue weighted by Gasteiger charge is -2.03. The maximum absolute atomic E-state index is 2.35. The fourth-order valence-electron chi connectivity index (χ4n) is 3.73. The molecule has 0 spiro atoms. The normalized spacial score (nSPS) is 10.6. The number of halogens is 1. The summed E-state index contributed by atoms with van der Waals surface area (Å²) in [7, 11) is 0. The van der Waals surface area contributed by atoms with Crippen molar-refractivity contribution >= 4 is 0 Å². The number of hydrogen-bond acceptors (Lipinski definition) is 0. The third kappa shape index (κ3) is 11.5. The molecule has 0 aliphatic rings. The summed E-state index contributed by atoms with van der Waals surface area (Å²) in [6.07, 6.45) is 22.2. The summed E-state index contributed by atoms with van der Waals surface area (Å²) in [5.74, 6) is 0. The van der Waals surface area contributed by atoms with Gasteiger partial charge in [0.25, 0.3) is 0 Å². The Labute approximate surface area is 180 Å². The molecule has 0 atom stereocenters. The molecule has 1 heterocycles. The van der Waals surface area contributed by atoms with Gasteiger partial charge < -0.3 is 12.4 Å². The van der Waals surface area contributed by atoms with E-state index in [4.69, 9.17) is 0 Å². The molecular weight excluding hydrogens is 362 g/mol. The molecule has 0 fully saturated rings. The summed E-state index contributed by atoms with van der Waals surface area (Å²) >= 11 is 0. The lowest BCUT2D eigenvalue weighted by atomic mass is 10.0. The molecule has 0 saturated heterocycles. The standard InChI is InChI=1S/C26H40N.ClH/c1-2-3-4-5-6-7-8-9-10-14-22-27-23-20-26(21-24-27)19-15-18-25-16-12-11-13-17-25;/h11-13,16-17,20-21,23-24H,2-10,14-15,18-19,22H2,1H3;1H/q+1;/p-1. The van der Waals surface area contributed by atoms with Crippen LogP contribution >= 0.6 is 0 Å². The summed E-state index contributed by atoms with van der Waals surface area (Å²) in [6.45, 7) is 3.46. The van der Waals surface area contributed by atoms with Crippen LogP contribution < -0.4 is 17.0 Å². The maximum Gasteiger partial charge on any atom is 0.169 e. The van der Waals surface area contributed by atoms with E-state index < -0.39 is 0 Å². The first kappa shape index (κ1) is 24.7. The summed E-state index contributed by atoms with van der Waals surface area (Å²) in [6, 6.07) is 15.4. The highest BCUT2D eigenvalue weighted by atomic mass is 35.5. The molecule has 1 aromatic heterocycles. The SMILES string of the molecule is CCCCCCCCCCCC[n+]1ccc(CCCc2ccccc2)cc1.[Cl-]. The lowest BCUT2D eigenvalue weighted by Crippen LogP contribution is -3.00. The average molecular weight is 402 g/mol. The topological polar surface area (TPSA) is 3.88 Å². The van der Waals surface area contributed by atoms with Crippen molar-refractivity contribution in [2.45, 2.75) is 96.9 Å². The van der Waals surface area contributed by atoms with Crippen molar-refractivity contribution in [1.29, 1.82) is 0 Å². The van der Waals surface area contributed by atoms with E-state index in [1.807, 2.05) is 0 Å². The molecule has 0 radical (unpaired) electrons. The van der Waals surface area contributed by atoms with Gasteiger partial charge in [0.05, 0.1) is 0 Å². The Balaban J connectivity index is 0.00000392. The van der Waals surface area contributed by atoms with E-state index in [9.17, 15) is 0 Å². The molecule has 1 aromatic carbocycles. The van der Waals surface area contributed by atoms with Crippen LogP contribution in [0.5, 0.6) is 0 Å². The third-order valence-electron chi connectivity index (χ3n) is 5.50. The van der Waals surface area contributed by atoms with Crippen molar-refractivity contribution in [3.8, 4) is 0 Å². The molecule has 0 bridgehead atoms. The van der Waals surface area contributed by atoms with Crippen LogP contribution in [0.4, 0.5) is 0 Å². The third-order valence-corrected chi connectivity index (χ3v) is 5.50. The highest BCUT2D eigenvalue weighted by Crippen LogP contribution is 2.11. The van der Waals surface area contributed by atoms with Gasteiger partial charge in [-0.2, -0.15) is 0 Å². The molecule has 1 nitrogen and oxygen atoms in total. The van der Waals surface area contributed by atoms with E-state index in [0.717, 1.165) is 0 Å². The molecular formula is C26H40ClN. The van der Waals surface area contributed by atoms with E-state index in [1.165, 1.54) is 101 Å². The van der Waals surface area contributed by atoms with Gasteiger partial charge in [-0.1, -0.05) is 88.6 Å². The van der Waals surface area contributed by atoms with Crippen LogP contribution in [-0.4, -0.2) is 0 Å². The monoisotopic (exact) mass is 401 g/mol. The number of nitrogens with zero attached hydrogens (tertiary/aromatic N) is 1. The van der Waals surface area contributed by atoms with Gasteiger partial charge in [-0.3, -0.25) is 0 Å². The Morgan fingerprint density at radius 3 is 1.64 bits per heavy atom. The Morgan fingerprint density at radius 2 is 1.07 bits per heavy atom. The van der Waals surface area contributed by atoms with Crippen molar-refractivity contribution in [2.75, 3.05) is 0 Å². The first-order chi connectivity index (χ1) is 13.4. The molecule has 0 unspecified atom stereocenters. The molecule has 0 saturated carbocycles. The second kappa shape index (κ2) is 16.6. The molecule has 0 amide bonds. The van der Waals surface area contributed by atoms with Crippen molar-refractivity contribution in [3.05, 3.63) is 66.0 Å². The van der Waals surface area contributed by atoms with E-state index in [2.05, 4.69) is 66.3 Å². The van der Waals surface area contributed by atoms with Crippen LogP contribution in [0.15, 0.2) is 54.9 Å². The van der Waals surface area contributed by atoms with Gasteiger partial charge in [0.1, 0.15) is 6.54 Å². The number of aromatic nitrogens is 1. The van der Waals surface area contributed by atoms with Gasteiger partial charge in [0.2, 0.25) is 0 Å². The fraction of sp³-hybridized carbons (Fsp3) is 0.577. The quantitative estimate of drug-likeness (QED) is 0.313. The molecule has 0 aliphatic carbocycles. The van der Waals surface area contributed by atoms with Crippen molar-refractivity contribution in [1.82, 2.24) is 0 Å². The Hall–Kier alpha value is -1.34. The number of pyridine rings is 1. The smallest absolute Gasteiger partial charge is 0.169 e. The Morgan fingerprint density at radius 1 is 0.571 bits per heavy atom. The number of unbranched alkanes of at least 4 members (excludes halogenated alkanes) is 9. The first-order valence-corrected chi connectivity index (χ1v) is 11.4. The zero-order valence-corrected chi connectivity index (χ0v) is 18.7. The van der Waals surface area contributed by atoms with E-state index in [0.29, 0.717) is 0 Å². The Kier molecular flexibility index (Phi) is 14.6. The van der Waals surface area contributed by atoms with Gasteiger partial charge in [0.15, 0.2) is 12.4 Å². The van der Waals surface area contributed by atoms with Gasteiger partial charge in [0, 0.05) is 18.6 Å². The van der Waals surface area contributed by atoms with Gasteiger partial charge in [-0.25, -0.2) is 4.57 Å². The van der Waals surface area contributed by atoms with Crippen molar-refractivity contribution < 1.29 is 17.0 Å². The Bertz CT molecular complexity index is 579. The number of hydrogen-bond donors (Lipinski definition) is 0. The highest BCUT2D eigenvalue weighted by Gasteiger charge is 2.02. The molecule has 0 N–H and O–H groups in total. The molecule has 2 aromatic rings. The van der Waals surface area contributed by atoms with Crippen LogP contribution in [0.1, 0.15) is 88.7 Å². The number of aryl methyl sites for hydroxylation is 3. The van der Waals surface area contributed by atoms with Gasteiger partial charge >= 0.3 is 0 Å². The molecule has 2 rings (SSSR count). The van der Waals surface area contributed by atoms with Crippen LogP contribution in [0.3, 0.4) is 0 Å². The molecule has 28 heavy (non-hydrogen) atoms. The fourth-order valence-corrected chi connectivity index (χ4v) is 3.73. The van der Waals surface area contributed by atoms with Crippen LogP contribution in [0.2, 0.25) is 0 Å². The minimum Gasteiger partial charge on any atom is -1.00 e. The summed E-state index contributed by atoms with van der Waals surface area (Å²) in [5.41, 5.74) is 2.91. The zero-order chi connectivity index (χ0) is 19.0. The maximum atomic E-state index is 2.35. The second-order valence-electron chi connectivity index (χ2n) is 7.97. The predicted molar refractivity (Wildman–Crippen MR) is 117 cm³/mol. The summed E-state index contributed by atoms with van der Waals surface area (Å²) < 4.78 is 2.35. The van der Waals surface area contributed by atoms with E-state index >= 15 is 0 Å². The second-order valence-corrected chi connectivity index (χ2v) is 7.97. The van der Waals surface area contributed by atoms with Crippen LogP contribution in [0, 0.1) is 0 Å². The van der Waals surface area contributed by atoms with E-state index in [-0.39, 0.29) is 12.4 Å². The van der Waals surface area contributed by atoms with Gasteiger partial charge in [-0.15, -0.1) is 0 Å². The summed E-state index contributed by atoms with van der Waals surface area (Å²) in [4.78, 5) is 0. The predicted octanol–water partition coefficient (Wildman–Crippen LogP) is 4.07. The summed E-state index contributed by atoms with van der Waals surface area (Å²) in [5, 5.41) is 0. The van der Waals surface area contributed by atoms with E-state index in [1.54, 1.807) is 0 Å². The number of rotatable bonds is 15. The number of benzene rings is 1. The van der Waals surface area contributed by atoms with Crippen molar-refractivity contribution in [3.63, 3.8) is 0 Å². The molecule has 2 heteroatoms. The minimum absolute atomic E-state index is 0. The van der Waals surface area contributed by atoms with Gasteiger partial charge in [-0.05, 0) is 36.8 Å². The highest BCUT2D eigenvalue weighted by molar-refractivity contribution is 5.15. The lowest BCUT2D eigenvalue weighted by molar-refractivity contribution is -0.697. The molecule has 0 aliphatic heterocycles. The largest absolute Gasteiger partial charge is 1.00 e. The van der Waals surface area contributed by atoms with Crippen LogP contribution in [0.25, 0.3) is 0 Å². The van der Waals surface area contributed by atoms with Crippen molar-refractivity contribution in [2.24, 2.45) is 0 Å². The van der Waals surface area contributed by atoms with Crippen LogP contribution in [-0.2, 0) is 19.4 Å². The first-order valence-electron chi connectivity index (χ1n) is 11.4.